The molecule has 3 aromatic rings. The van der Waals surface area contributed by atoms with Gasteiger partial charge in [-0.1, -0.05) is 25.0 Å². The third-order valence-corrected chi connectivity index (χ3v) is 5.58. The molecule has 0 bridgehead atoms. The van der Waals surface area contributed by atoms with Gasteiger partial charge in [-0.3, -0.25) is 4.79 Å². The van der Waals surface area contributed by atoms with Crippen LogP contribution in [0.4, 0.5) is 11.5 Å². The van der Waals surface area contributed by atoms with E-state index < -0.39 is 0 Å². The molecule has 2 aromatic heterocycles. The van der Waals surface area contributed by atoms with Crippen LogP contribution in [0.2, 0.25) is 0 Å². The first-order chi connectivity index (χ1) is 13.1. The molecule has 1 saturated carbocycles. The number of rotatable bonds is 4. The predicted molar refractivity (Wildman–Crippen MR) is 109 cm³/mol. The first-order valence-corrected chi connectivity index (χ1v) is 9.83. The summed E-state index contributed by atoms with van der Waals surface area (Å²) >= 11 is 3.44. The molecule has 1 aliphatic carbocycles. The molecule has 4 rings (SSSR count). The Morgan fingerprint density at radius 2 is 2.04 bits per heavy atom. The largest absolute Gasteiger partial charge is 0.366 e. The minimum atomic E-state index is -0.254. The highest BCUT2D eigenvalue weighted by Crippen LogP contribution is 2.23. The lowest BCUT2D eigenvalue weighted by molar-refractivity contribution is 0.102. The third-order valence-electron chi connectivity index (χ3n) is 4.89. The number of carbonyl (C=O) groups is 1. The zero-order valence-corrected chi connectivity index (χ0v) is 16.3. The van der Waals surface area contributed by atoms with E-state index >= 15 is 0 Å². The normalized spacial score (nSPS) is 19.8. The van der Waals surface area contributed by atoms with Gasteiger partial charge in [0.1, 0.15) is 11.4 Å². The van der Waals surface area contributed by atoms with E-state index in [2.05, 4.69) is 36.6 Å². The second-order valence-electron chi connectivity index (χ2n) is 6.77. The van der Waals surface area contributed by atoms with Crippen molar-refractivity contribution in [3.63, 3.8) is 0 Å². The summed E-state index contributed by atoms with van der Waals surface area (Å²) in [6.45, 7) is 0. The maximum absolute atomic E-state index is 12.7. The second kappa shape index (κ2) is 7.66. The summed E-state index contributed by atoms with van der Waals surface area (Å²) in [7, 11) is 0. The highest BCUT2D eigenvalue weighted by molar-refractivity contribution is 9.10. The fourth-order valence-corrected chi connectivity index (χ4v) is 3.77. The average molecular weight is 429 g/mol. The van der Waals surface area contributed by atoms with Crippen LogP contribution in [0.25, 0.3) is 5.65 Å². The summed E-state index contributed by atoms with van der Waals surface area (Å²) in [6, 6.07) is 9.65. The van der Waals surface area contributed by atoms with Gasteiger partial charge in [0, 0.05) is 22.8 Å². The van der Waals surface area contributed by atoms with Gasteiger partial charge >= 0.3 is 0 Å². The van der Waals surface area contributed by atoms with E-state index in [0.717, 1.165) is 17.3 Å². The van der Waals surface area contributed by atoms with E-state index in [4.69, 9.17) is 5.73 Å². The van der Waals surface area contributed by atoms with Crippen LogP contribution in [-0.2, 0) is 0 Å². The van der Waals surface area contributed by atoms with Crippen molar-refractivity contribution in [3.8, 4) is 0 Å². The van der Waals surface area contributed by atoms with Gasteiger partial charge in [-0.25, -0.2) is 9.50 Å². The van der Waals surface area contributed by atoms with Crippen LogP contribution in [0.1, 0.15) is 36.0 Å². The molecule has 2 heterocycles. The van der Waals surface area contributed by atoms with Crippen LogP contribution in [0.15, 0.2) is 47.2 Å². The van der Waals surface area contributed by atoms with Gasteiger partial charge in [0.15, 0.2) is 5.65 Å². The van der Waals surface area contributed by atoms with E-state index in [1.807, 2.05) is 30.3 Å². The van der Waals surface area contributed by atoms with E-state index in [0.29, 0.717) is 22.7 Å². The SMILES string of the molecule is N[C@H]1CCCC[C@H]1Nc1ccn2ncc(C(=O)Nc3ccccc3Br)c2n1. The van der Waals surface area contributed by atoms with Crippen LogP contribution in [-0.4, -0.2) is 32.6 Å². The number of carbonyl (C=O) groups excluding carboxylic acids is 1. The fourth-order valence-electron chi connectivity index (χ4n) is 3.39. The number of hydrogen-bond donors (Lipinski definition) is 3. The Balaban J connectivity index is 1.58. The number of para-hydroxylation sites is 1. The van der Waals surface area contributed by atoms with Gasteiger partial charge in [0.2, 0.25) is 0 Å². The van der Waals surface area contributed by atoms with Gasteiger partial charge in [-0.15, -0.1) is 0 Å². The molecule has 1 aromatic carbocycles. The molecule has 1 amide bonds. The molecule has 1 fully saturated rings. The number of nitrogens with two attached hydrogens (primary N) is 1. The van der Waals surface area contributed by atoms with Crippen molar-refractivity contribution >= 4 is 39.0 Å². The van der Waals surface area contributed by atoms with Crippen LogP contribution >= 0.6 is 15.9 Å². The highest BCUT2D eigenvalue weighted by atomic mass is 79.9. The second-order valence-corrected chi connectivity index (χ2v) is 7.63. The van der Waals surface area contributed by atoms with Crippen molar-refractivity contribution in [2.24, 2.45) is 5.73 Å². The molecule has 140 valence electrons. The molecule has 0 saturated heterocycles. The monoisotopic (exact) mass is 428 g/mol. The van der Waals surface area contributed by atoms with Crippen molar-refractivity contribution in [2.45, 2.75) is 37.8 Å². The van der Waals surface area contributed by atoms with Crippen molar-refractivity contribution in [1.29, 1.82) is 0 Å². The maximum atomic E-state index is 12.7. The Morgan fingerprint density at radius 1 is 1.22 bits per heavy atom. The first-order valence-electron chi connectivity index (χ1n) is 9.04. The molecule has 2 atom stereocenters. The molecule has 1 aliphatic rings. The number of nitrogens with one attached hydrogen (secondary N) is 2. The quantitative estimate of drug-likeness (QED) is 0.591. The van der Waals surface area contributed by atoms with E-state index in [-0.39, 0.29) is 18.0 Å². The zero-order valence-electron chi connectivity index (χ0n) is 14.7. The van der Waals surface area contributed by atoms with Gasteiger partial charge in [-0.2, -0.15) is 5.10 Å². The van der Waals surface area contributed by atoms with Crippen molar-refractivity contribution in [2.75, 3.05) is 10.6 Å². The Labute approximate surface area is 165 Å². The molecular weight excluding hydrogens is 408 g/mol. The number of aromatic nitrogens is 3. The summed E-state index contributed by atoms with van der Waals surface area (Å²) in [5, 5.41) is 10.5. The number of amides is 1. The summed E-state index contributed by atoms with van der Waals surface area (Å²) in [4.78, 5) is 17.3. The van der Waals surface area contributed by atoms with Gasteiger partial charge in [0.25, 0.3) is 5.91 Å². The van der Waals surface area contributed by atoms with E-state index in [1.165, 1.54) is 19.0 Å². The molecular formula is C19H21BrN6O. The highest BCUT2D eigenvalue weighted by Gasteiger charge is 2.22. The molecule has 0 spiro atoms. The Kier molecular flexibility index (Phi) is 5.09. The Hall–Kier alpha value is -2.45. The third kappa shape index (κ3) is 3.81. The Bertz CT molecular complexity index is 972. The lowest BCUT2D eigenvalue weighted by Gasteiger charge is -2.29. The van der Waals surface area contributed by atoms with E-state index in [1.54, 1.807) is 10.7 Å². The van der Waals surface area contributed by atoms with Crippen molar-refractivity contribution < 1.29 is 4.79 Å². The molecule has 8 heteroatoms. The molecule has 27 heavy (non-hydrogen) atoms. The van der Waals surface area contributed by atoms with Crippen LogP contribution in [0, 0.1) is 0 Å². The minimum Gasteiger partial charge on any atom is -0.366 e. The number of benzene rings is 1. The summed E-state index contributed by atoms with van der Waals surface area (Å²) in [5.74, 6) is 0.455. The summed E-state index contributed by atoms with van der Waals surface area (Å²) < 4.78 is 2.41. The first kappa shape index (κ1) is 17.9. The molecule has 4 N–H and O–H groups in total. The predicted octanol–water partition coefficient (Wildman–Crippen LogP) is 3.43. The van der Waals surface area contributed by atoms with Crippen LogP contribution < -0.4 is 16.4 Å². The lowest BCUT2D eigenvalue weighted by Crippen LogP contribution is -2.42. The minimum absolute atomic E-state index is 0.125. The zero-order chi connectivity index (χ0) is 18.8. The topological polar surface area (TPSA) is 97.3 Å². The average Bonchev–Trinajstić information content (AvgIpc) is 3.09. The number of hydrogen-bond acceptors (Lipinski definition) is 5. The van der Waals surface area contributed by atoms with Gasteiger partial charge in [-0.05, 0) is 47.0 Å². The molecule has 0 radical (unpaired) electrons. The number of fused-ring (bicyclic) bond motifs is 1. The fraction of sp³-hybridized carbons (Fsp3) is 0.316. The maximum Gasteiger partial charge on any atom is 0.261 e. The van der Waals surface area contributed by atoms with E-state index in [9.17, 15) is 4.79 Å². The Morgan fingerprint density at radius 3 is 2.85 bits per heavy atom. The molecule has 0 unspecified atom stereocenters. The van der Waals surface area contributed by atoms with Crippen molar-refractivity contribution in [1.82, 2.24) is 14.6 Å². The number of anilines is 2. The van der Waals surface area contributed by atoms with Crippen LogP contribution in [0.5, 0.6) is 0 Å². The smallest absolute Gasteiger partial charge is 0.261 e. The standard InChI is InChI=1S/C19H21BrN6O/c20-13-5-1-3-7-15(13)24-19(27)12-11-22-26-10-9-17(25-18(12)26)23-16-8-4-2-6-14(16)21/h1,3,5,7,9-11,14,16H,2,4,6,8,21H2,(H,23,25)(H,24,27)/t14-,16+/m0/s1. The summed E-state index contributed by atoms with van der Waals surface area (Å²) in [5.41, 5.74) is 7.85. The van der Waals surface area contributed by atoms with Gasteiger partial charge in [0.05, 0.1) is 11.9 Å². The molecule has 7 nitrogen and oxygen atoms in total. The number of nitrogens with zero attached hydrogens (tertiary/aromatic N) is 3. The van der Waals surface area contributed by atoms with Crippen LogP contribution in [0.3, 0.4) is 0 Å². The van der Waals surface area contributed by atoms with Gasteiger partial charge < -0.3 is 16.4 Å². The summed E-state index contributed by atoms with van der Waals surface area (Å²) in [6.07, 6.45) is 7.72. The lowest BCUT2D eigenvalue weighted by atomic mass is 9.91. The molecule has 0 aliphatic heterocycles. The number of halogens is 1. The van der Waals surface area contributed by atoms with Crippen molar-refractivity contribution in [3.05, 3.63) is 52.8 Å².